The molecule has 0 fully saturated rings. The van der Waals surface area contributed by atoms with Crippen molar-refractivity contribution in [3.8, 4) is 11.3 Å². The van der Waals surface area contributed by atoms with Crippen molar-refractivity contribution in [2.24, 2.45) is 0 Å². The molecule has 7 heteroatoms. The number of rotatable bonds is 3. The van der Waals surface area contributed by atoms with Gasteiger partial charge in [-0.25, -0.2) is 17.8 Å². The Morgan fingerprint density at radius 1 is 1.07 bits per heavy atom. The van der Waals surface area contributed by atoms with Gasteiger partial charge in [-0.1, -0.05) is 29.8 Å². The molecule has 27 heavy (non-hydrogen) atoms. The summed E-state index contributed by atoms with van der Waals surface area (Å²) in [5.74, 6) is -0.450. The quantitative estimate of drug-likeness (QED) is 0.404. The van der Waals surface area contributed by atoms with Crippen molar-refractivity contribution in [1.82, 2.24) is 9.97 Å². The summed E-state index contributed by atoms with van der Waals surface area (Å²) in [6.45, 7) is 1.89. The van der Waals surface area contributed by atoms with E-state index in [0.29, 0.717) is 11.0 Å². The maximum Gasteiger partial charge on any atom is 0.208 e. The van der Waals surface area contributed by atoms with Crippen LogP contribution in [0.5, 0.6) is 0 Å². The molecule has 136 valence electrons. The maximum atomic E-state index is 14.3. The summed E-state index contributed by atoms with van der Waals surface area (Å²) in [7, 11) is -3.81. The van der Waals surface area contributed by atoms with Gasteiger partial charge in [0, 0.05) is 11.8 Å². The minimum absolute atomic E-state index is 0.0810. The fourth-order valence-electron chi connectivity index (χ4n) is 2.90. The number of pyridine rings is 1. The van der Waals surface area contributed by atoms with Gasteiger partial charge in [0.25, 0.3) is 0 Å². The Balaban J connectivity index is 2.03. The molecule has 0 atom stereocenters. The number of H-pyrrole nitrogens is 1. The van der Waals surface area contributed by atoms with E-state index < -0.39 is 15.7 Å². The lowest BCUT2D eigenvalue weighted by Gasteiger charge is -2.10. The predicted molar refractivity (Wildman–Crippen MR) is 111 cm³/mol. The molecule has 2 heterocycles. The van der Waals surface area contributed by atoms with Crippen molar-refractivity contribution in [3.63, 3.8) is 0 Å². The van der Waals surface area contributed by atoms with E-state index in [9.17, 15) is 12.8 Å². The van der Waals surface area contributed by atoms with Crippen molar-refractivity contribution in [1.29, 1.82) is 0 Å². The van der Waals surface area contributed by atoms with Crippen molar-refractivity contribution in [2.75, 3.05) is 0 Å². The van der Waals surface area contributed by atoms with Crippen LogP contribution in [0.15, 0.2) is 70.6 Å². The third-order valence-electron chi connectivity index (χ3n) is 4.32. The number of sulfone groups is 1. The molecule has 1 N–H and O–H groups in total. The Morgan fingerprint density at radius 2 is 1.78 bits per heavy atom. The fraction of sp³-hybridized carbons (Fsp3) is 0.0500. The molecule has 0 spiro atoms. The fourth-order valence-corrected chi connectivity index (χ4v) is 4.89. The standard InChI is InChI=1S/C20H14FIN2O2S/c1-12-6-8-13(9-7-12)27(25,26)18-10-17(14-4-2-3-5-15(14)21)24-19-16(22)11-23-20(18)19/h2-11,23H,1H3. The third kappa shape index (κ3) is 3.14. The smallest absolute Gasteiger partial charge is 0.208 e. The average Bonchev–Trinajstić information content (AvgIpc) is 3.03. The predicted octanol–water partition coefficient (Wildman–Crippen LogP) is 5.11. The van der Waals surface area contributed by atoms with E-state index in [1.165, 1.54) is 12.1 Å². The van der Waals surface area contributed by atoms with Gasteiger partial charge in [0.15, 0.2) is 0 Å². The van der Waals surface area contributed by atoms with Gasteiger partial charge in [-0.15, -0.1) is 0 Å². The molecule has 4 rings (SSSR count). The Bertz CT molecular complexity index is 1270. The first kappa shape index (κ1) is 18.1. The SMILES string of the molecule is Cc1ccc(S(=O)(=O)c2cc(-c3ccccc3F)nc3c(I)c[nH]c23)cc1. The molecule has 0 aliphatic heterocycles. The average molecular weight is 492 g/mol. The third-order valence-corrected chi connectivity index (χ3v) is 6.94. The summed E-state index contributed by atoms with van der Waals surface area (Å²) in [6.07, 6.45) is 1.69. The van der Waals surface area contributed by atoms with Crippen LogP contribution in [0.1, 0.15) is 5.56 Å². The number of aryl methyl sites for hydroxylation is 1. The van der Waals surface area contributed by atoms with E-state index in [-0.39, 0.29) is 21.0 Å². The lowest BCUT2D eigenvalue weighted by atomic mass is 10.1. The van der Waals surface area contributed by atoms with E-state index in [1.807, 2.05) is 6.92 Å². The topological polar surface area (TPSA) is 62.8 Å². The minimum atomic E-state index is -3.81. The van der Waals surface area contributed by atoms with Gasteiger partial charge in [0.1, 0.15) is 11.3 Å². The molecule has 2 aromatic heterocycles. The van der Waals surface area contributed by atoms with E-state index in [1.54, 1.807) is 48.7 Å². The van der Waals surface area contributed by atoms with Gasteiger partial charge >= 0.3 is 0 Å². The van der Waals surface area contributed by atoms with E-state index in [0.717, 1.165) is 9.13 Å². The van der Waals surface area contributed by atoms with Crippen LogP contribution in [0.3, 0.4) is 0 Å². The molecule has 4 aromatic rings. The normalized spacial score (nSPS) is 11.8. The Hall–Kier alpha value is -2.26. The van der Waals surface area contributed by atoms with E-state index in [2.05, 4.69) is 32.6 Å². The molecule has 0 aliphatic carbocycles. The molecular weight excluding hydrogens is 478 g/mol. The van der Waals surface area contributed by atoms with Crippen LogP contribution >= 0.6 is 22.6 Å². The summed E-state index contributed by atoms with van der Waals surface area (Å²) in [4.78, 5) is 7.76. The number of hydrogen-bond acceptors (Lipinski definition) is 3. The monoisotopic (exact) mass is 492 g/mol. The van der Waals surface area contributed by atoms with E-state index >= 15 is 0 Å². The lowest BCUT2D eigenvalue weighted by Crippen LogP contribution is -2.05. The summed E-state index contributed by atoms with van der Waals surface area (Å²) in [6, 6.07) is 14.3. The van der Waals surface area contributed by atoms with Crippen LogP contribution in [0.25, 0.3) is 22.3 Å². The summed E-state index contributed by atoms with van der Waals surface area (Å²) in [5, 5.41) is 0. The van der Waals surface area contributed by atoms with Crippen LogP contribution in [0, 0.1) is 16.3 Å². The molecule has 0 aliphatic rings. The first-order valence-corrected chi connectivity index (χ1v) is 10.7. The highest BCUT2D eigenvalue weighted by atomic mass is 127. The first-order valence-electron chi connectivity index (χ1n) is 8.12. The van der Waals surface area contributed by atoms with Gasteiger partial charge in [-0.2, -0.15) is 0 Å². The number of benzene rings is 2. The molecule has 4 nitrogen and oxygen atoms in total. The maximum absolute atomic E-state index is 14.3. The molecule has 0 bridgehead atoms. The van der Waals surface area contributed by atoms with Crippen LogP contribution < -0.4 is 0 Å². The summed E-state index contributed by atoms with van der Waals surface area (Å²) in [5.41, 5.74) is 2.43. The zero-order chi connectivity index (χ0) is 19.2. The van der Waals surface area contributed by atoms with Crippen LogP contribution in [-0.4, -0.2) is 18.4 Å². The molecule has 0 radical (unpaired) electrons. The van der Waals surface area contributed by atoms with Crippen LogP contribution in [0.4, 0.5) is 4.39 Å². The van der Waals surface area contributed by atoms with Gasteiger partial charge in [0.05, 0.1) is 24.6 Å². The number of aromatic nitrogens is 2. The summed E-state index contributed by atoms with van der Waals surface area (Å²) < 4.78 is 41.6. The largest absolute Gasteiger partial charge is 0.358 e. The van der Waals surface area contributed by atoms with Gasteiger partial charge in [0.2, 0.25) is 9.84 Å². The second-order valence-corrected chi connectivity index (χ2v) is 9.24. The number of hydrogen-bond donors (Lipinski definition) is 1. The highest BCUT2D eigenvalue weighted by molar-refractivity contribution is 14.1. The van der Waals surface area contributed by atoms with Gasteiger partial charge < -0.3 is 4.98 Å². The van der Waals surface area contributed by atoms with Crippen LogP contribution in [-0.2, 0) is 9.84 Å². The zero-order valence-corrected chi connectivity index (χ0v) is 17.2. The lowest BCUT2D eigenvalue weighted by molar-refractivity contribution is 0.596. The highest BCUT2D eigenvalue weighted by Crippen LogP contribution is 2.33. The second-order valence-electron chi connectivity index (χ2n) is 6.16. The number of aromatic amines is 1. The number of nitrogens with zero attached hydrogens (tertiary/aromatic N) is 1. The number of fused-ring (bicyclic) bond motifs is 1. The molecule has 0 amide bonds. The molecular formula is C20H14FIN2O2S. The minimum Gasteiger partial charge on any atom is -0.358 e. The van der Waals surface area contributed by atoms with Crippen molar-refractivity contribution >= 4 is 43.5 Å². The van der Waals surface area contributed by atoms with Crippen molar-refractivity contribution in [2.45, 2.75) is 16.7 Å². The highest BCUT2D eigenvalue weighted by Gasteiger charge is 2.24. The number of nitrogens with one attached hydrogen (secondary N) is 1. The van der Waals surface area contributed by atoms with Gasteiger partial charge in [-0.3, -0.25) is 0 Å². The Morgan fingerprint density at radius 3 is 2.48 bits per heavy atom. The molecule has 0 unspecified atom stereocenters. The zero-order valence-electron chi connectivity index (χ0n) is 14.2. The molecule has 2 aromatic carbocycles. The first-order chi connectivity index (χ1) is 12.9. The number of halogens is 2. The molecule has 0 saturated carbocycles. The van der Waals surface area contributed by atoms with Crippen LogP contribution in [0.2, 0.25) is 0 Å². The van der Waals surface area contributed by atoms with Crippen molar-refractivity contribution < 1.29 is 12.8 Å². The molecule has 0 saturated heterocycles. The Kier molecular flexibility index (Phi) is 4.51. The van der Waals surface area contributed by atoms with E-state index in [4.69, 9.17) is 0 Å². The van der Waals surface area contributed by atoms with Gasteiger partial charge in [-0.05, 0) is 59.8 Å². The summed E-state index contributed by atoms with van der Waals surface area (Å²) >= 11 is 2.08. The van der Waals surface area contributed by atoms with Crippen molar-refractivity contribution in [3.05, 3.63) is 75.7 Å². The second kappa shape index (κ2) is 6.72. The Labute approximate surface area is 169 Å².